The van der Waals surface area contributed by atoms with Crippen molar-refractivity contribution in [3.05, 3.63) is 36.0 Å². The number of nitrogens with one attached hydrogen (secondary N) is 2. The highest BCUT2D eigenvalue weighted by Gasteiger charge is 2.26. The second-order valence-corrected chi connectivity index (χ2v) is 5.47. The van der Waals surface area contributed by atoms with Crippen LogP contribution in [0.15, 0.2) is 30.3 Å². The van der Waals surface area contributed by atoms with Gasteiger partial charge in [-0.3, -0.25) is 9.89 Å². The summed E-state index contributed by atoms with van der Waals surface area (Å²) < 4.78 is 0. The minimum Gasteiger partial charge on any atom is -0.382 e. The quantitative estimate of drug-likeness (QED) is 0.680. The molecule has 0 unspecified atom stereocenters. The van der Waals surface area contributed by atoms with E-state index in [2.05, 4.69) is 15.5 Å². The molecule has 6 nitrogen and oxygen atoms in total. The normalized spacial score (nSPS) is 21.4. The number of rotatable bonds is 3. The van der Waals surface area contributed by atoms with E-state index in [1.54, 1.807) is 0 Å². The molecule has 110 valence electrons. The number of anilines is 1. The topological polar surface area (TPSA) is 110 Å². The number of nitrogens with two attached hydrogens (primary N) is 2. The zero-order valence-corrected chi connectivity index (χ0v) is 11.7. The summed E-state index contributed by atoms with van der Waals surface area (Å²) in [6.45, 7) is 0. The van der Waals surface area contributed by atoms with Crippen LogP contribution in [-0.4, -0.2) is 28.2 Å². The molecule has 1 aliphatic rings. The van der Waals surface area contributed by atoms with Gasteiger partial charge in [0.2, 0.25) is 0 Å². The molecule has 21 heavy (non-hydrogen) atoms. The van der Waals surface area contributed by atoms with Gasteiger partial charge in [-0.25, -0.2) is 0 Å². The molecule has 1 amide bonds. The molecular weight excluding hydrogens is 266 g/mol. The van der Waals surface area contributed by atoms with Crippen LogP contribution >= 0.6 is 0 Å². The van der Waals surface area contributed by atoms with Gasteiger partial charge in [-0.1, -0.05) is 30.3 Å². The highest BCUT2D eigenvalue weighted by molar-refractivity contribution is 6.01. The Balaban J connectivity index is 1.84. The molecule has 1 saturated carbocycles. The smallest absolute Gasteiger partial charge is 0.270 e. The van der Waals surface area contributed by atoms with Crippen LogP contribution in [0.25, 0.3) is 11.1 Å². The molecular formula is C15H19N5O. The lowest BCUT2D eigenvalue weighted by Crippen LogP contribution is -2.34. The van der Waals surface area contributed by atoms with Crippen molar-refractivity contribution in [1.29, 1.82) is 0 Å². The second kappa shape index (κ2) is 5.57. The molecule has 6 heteroatoms. The number of hydrogen-bond acceptors (Lipinski definition) is 4. The van der Waals surface area contributed by atoms with Gasteiger partial charge in [0.15, 0.2) is 5.82 Å². The first kappa shape index (κ1) is 13.6. The largest absolute Gasteiger partial charge is 0.382 e. The molecule has 3 rings (SSSR count). The summed E-state index contributed by atoms with van der Waals surface area (Å²) in [7, 11) is 0. The van der Waals surface area contributed by atoms with Crippen LogP contribution in [-0.2, 0) is 0 Å². The Morgan fingerprint density at radius 3 is 2.71 bits per heavy atom. The van der Waals surface area contributed by atoms with Crippen LogP contribution in [0, 0.1) is 0 Å². The van der Waals surface area contributed by atoms with Crippen LogP contribution in [0.1, 0.15) is 29.8 Å². The predicted octanol–water partition coefficient (Wildman–Crippen LogP) is 1.27. The van der Waals surface area contributed by atoms with Gasteiger partial charge in [-0.2, -0.15) is 5.10 Å². The zero-order chi connectivity index (χ0) is 14.8. The van der Waals surface area contributed by atoms with E-state index in [0.717, 1.165) is 24.8 Å². The number of H-pyrrole nitrogens is 1. The lowest BCUT2D eigenvalue weighted by Gasteiger charge is -2.12. The third kappa shape index (κ3) is 2.75. The molecule has 1 aromatic carbocycles. The SMILES string of the molecule is Nc1n[nH]c(C(=O)N[C@@H]2CC[C@@H](N)C2)c1-c1ccccc1. The number of amides is 1. The minimum atomic E-state index is -0.183. The zero-order valence-electron chi connectivity index (χ0n) is 11.7. The van der Waals surface area contributed by atoms with E-state index in [1.807, 2.05) is 30.3 Å². The Kier molecular flexibility index (Phi) is 3.62. The van der Waals surface area contributed by atoms with Crippen molar-refractivity contribution in [3.8, 4) is 11.1 Å². The summed E-state index contributed by atoms with van der Waals surface area (Å²) in [5.41, 5.74) is 13.7. The number of nitrogen functional groups attached to an aromatic ring is 1. The Bertz CT molecular complexity index is 637. The van der Waals surface area contributed by atoms with E-state index in [1.165, 1.54) is 0 Å². The van der Waals surface area contributed by atoms with Gasteiger partial charge in [-0.05, 0) is 24.8 Å². The molecule has 1 aromatic heterocycles. The van der Waals surface area contributed by atoms with Gasteiger partial charge in [0.1, 0.15) is 5.69 Å². The van der Waals surface area contributed by atoms with Crippen molar-refractivity contribution >= 4 is 11.7 Å². The van der Waals surface area contributed by atoms with E-state index in [4.69, 9.17) is 11.5 Å². The lowest BCUT2D eigenvalue weighted by molar-refractivity contribution is 0.0933. The average molecular weight is 285 g/mol. The van der Waals surface area contributed by atoms with Gasteiger partial charge in [-0.15, -0.1) is 0 Å². The van der Waals surface area contributed by atoms with Crippen LogP contribution in [0.2, 0.25) is 0 Å². The average Bonchev–Trinajstić information content (AvgIpc) is 3.06. The number of benzene rings is 1. The maximum absolute atomic E-state index is 12.4. The van der Waals surface area contributed by atoms with Crippen LogP contribution in [0.3, 0.4) is 0 Å². The van der Waals surface area contributed by atoms with E-state index in [9.17, 15) is 4.79 Å². The standard InChI is InChI=1S/C15H19N5O/c16-10-6-7-11(8-10)18-15(21)13-12(14(17)20-19-13)9-4-2-1-3-5-9/h1-5,10-11H,6-8,16H2,(H,18,21)(H3,17,19,20)/t10-,11-/m1/s1. The van der Waals surface area contributed by atoms with Gasteiger partial charge in [0, 0.05) is 12.1 Å². The summed E-state index contributed by atoms with van der Waals surface area (Å²) in [5, 5.41) is 9.71. The van der Waals surface area contributed by atoms with E-state index in [-0.39, 0.29) is 18.0 Å². The second-order valence-electron chi connectivity index (χ2n) is 5.47. The van der Waals surface area contributed by atoms with Crippen molar-refractivity contribution < 1.29 is 4.79 Å². The highest BCUT2D eigenvalue weighted by Crippen LogP contribution is 2.28. The van der Waals surface area contributed by atoms with E-state index >= 15 is 0 Å². The highest BCUT2D eigenvalue weighted by atomic mass is 16.2. The van der Waals surface area contributed by atoms with Crippen LogP contribution < -0.4 is 16.8 Å². The molecule has 2 atom stereocenters. The number of aromatic nitrogens is 2. The fourth-order valence-electron chi connectivity index (χ4n) is 2.82. The summed E-state index contributed by atoms with van der Waals surface area (Å²) in [4.78, 5) is 12.4. The van der Waals surface area contributed by atoms with Crippen molar-refractivity contribution in [3.63, 3.8) is 0 Å². The Morgan fingerprint density at radius 1 is 1.29 bits per heavy atom. The summed E-state index contributed by atoms with van der Waals surface area (Å²) >= 11 is 0. The lowest BCUT2D eigenvalue weighted by atomic mass is 10.0. The maximum Gasteiger partial charge on any atom is 0.270 e. The molecule has 0 aliphatic heterocycles. The number of carbonyl (C=O) groups excluding carboxylic acids is 1. The molecule has 2 aromatic rings. The van der Waals surface area contributed by atoms with Crippen molar-refractivity contribution in [2.24, 2.45) is 5.73 Å². The number of carbonyl (C=O) groups is 1. The fourth-order valence-corrected chi connectivity index (χ4v) is 2.82. The maximum atomic E-state index is 12.4. The minimum absolute atomic E-state index is 0.126. The Labute approximate surface area is 122 Å². The number of hydrogen-bond donors (Lipinski definition) is 4. The van der Waals surface area contributed by atoms with Crippen molar-refractivity contribution in [1.82, 2.24) is 15.5 Å². The first-order valence-corrected chi connectivity index (χ1v) is 7.11. The number of nitrogens with zero attached hydrogens (tertiary/aromatic N) is 1. The van der Waals surface area contributed by atoms with Crippen molar-refractivity contribution in [2.45, 2.75) is 31.3 Å². The molecule has 0 bridgehead atoms. The first-order valence-electron chi connectivity index (χ1n) is 7.11. The summed E-state index contributed by atoms with van der Waals surface area (Å²) in [6, 6.07) is 9.84. The van der Waals surface area contributed by atoms with Crippen molar-refractivity contribution in [2.75, 3.05) is 5.73 Å². The Morgan fingerprint density at radius 2 is 2.05 bits per heavy atom. The monoisotopic (exact) mass is 285 g/mol. The first-order chi connectivity index (χ1) is 10.1. The van der Waals surface area contributed by atoms with Gasteiger partial charge >= 0.3 is 0 Å². The predicted molar refractivity (Wildman–Crippen MR) is 81.5 cm³/mol. The molecule has 1 aliphatic carbocycles. The van der Waals surface area contributed by atoms with Crippen LogP contribution in [0.5, 0.6) is 0 Å². The Hall–Kier alpha value is -2.34. The molecule has 1 fully saturated rings. The molecule has 0 radical (unpaired) electrons. The third-order valence-electron chi connectivity index (χ3n) is 3.89. The molecule has 0 saturated heterocycles. The van der Waals surface area contributed by atoms with Gasteiger partial charge in [0.25, 0.3) is 5.91 Å². The van der Waals surface area contributed by atoms with E-state index < -0.39 is 0 Å². The molecule has 6 N–H and O–H groups in total. The van der Waals surface area contributed by atoms with E-state index in [0.29, 0.717) is 17.1 Å². The third-order valence-corrected chi connectivity index (χ3v) is 3.89. The molecule has 0 spiro atoms. The molecule has 1 heterocycles. The fraction of sp³-hybridized carbons (Fsp3) is 0.333. The van der Waals surface area contributed by atoms with Crippen LogP contribution in [0.4, 0.5) is 5.82 Å². The number of aromatic amines is 1. The van der Waals surface area contributed by atoms with Gasteiger partial charge in [0.05, 0.1) is 5.56 Å². The van der Waals surface area contributed by atoms with Gasteiger partial charge < -0.3 is 16.8 Å². The summed E-state index contributed by atoms with van der Waals surface area (Å²) in [6.07, 6.45) is 2.68. The summed E-state index contributed by atoms with van der Waals surface area (Å²) in [5.74, 6) is 0.145.